The van der Waals surface area contributed by atoms with E-state index in [2.05, 4.69) is 27.3 Å². The Morgan fingerprint density at radius 2 is 2.20 bits per heavy atom. The lowest BCUT2D eigenvalue weighted by Gasteiger charge is -2.22. The molecule has 0 unspecified atom stereocenters. The molecule has 0 spiro atoms. The Hall–Kier alpha value is -2.61. The summed E-state index contributed by atoms with van der Waals surface area (Å²) in [5.41, 5.74) is 0.684. The summed E-state index contributed by atoms with van der Waals surface area (Å²) in [6.45, 7) is 5.01. The van der Waals surface area contributed by atoms with Crippen LogP contribution in [-0.2, 0) is 0 Å². The molecular formula is C17H20N4O4. The summed E-state index contributed by atoms with van der Waals surface area (Å²) >= 11 is 0. The second kappa shape index (κ2) is 6.72. The summed E-state index contributed by atoms with van der Waals surface area (Å²) in [4.78, 5) is 14.6. The minimum atomic E-state index is -0.345. The van der Waals surface area contributed by atoms with Crippen molar-refractivity contribution in [2.24, 2.45) is 0 Å². The molecule has 8 nitrogen and oxygen atoms in total. The van der Waals surface area contributed by atoms with Crippen molar-refractivity contribution in [3.8, 4) is 23.0 Å². The molecule has 0 radical (unpaired) electrons. The fourth-order valence-corrected chi connectivity index (χ4v) is 3.29. The molecule has 1 aromatic carbocycles. The van der Waals surface area contributed by atoms with E-state index in [0.29, 0.717) is 29.6 Å². The Kier molecular flexibility index (Phi) is 4.27. The van der Waals surface area contributed by atoms with E-state index >= 15 is 0 Å². The maximum absolute atomic E-state index is 12.3. The second-order valence-corrected chi connectivity index (χ2v) is 6.12. The van der Waals surface area contributed by atoms with E-state index in [9.17, 15) is 4.79 Å². The predicted molar refractivity (Wildman–Crippen MR) is 88.5 cm³/mol. The molecule has 1 saturated heterocycles. The maximum atomic E-state index is 12.3. The molecule has 1 aromatic heterocycles. The third kappa shape index (κ3) is 3.17. The Morgan fingerprint density at radius 3 is 3.08 bits per heavy atom. The molecule has 25 heavy (non-hydrogen) atoms. The van der Waals surface area contributed by atoms with Crippen LogP contribution in [0.25, 0.3) is 11.5 Å². The predicted octanol–water partition coefficient (Wildman–Crippen LogP) is 1.68. The van der Waals surface area contributed by atoms with Gasteiger partial charge in [-0.25, -0.2) is 0 Å². The summed E-state index contributed by atoms with van der Waals surface area (Å²) in [6.07, 6.45) is 2.27. The minimum absolute atomic E-state index is 0.0336. The number of fused-ring (bicyclic) bond motifs is 1. The molecule has 2 aliphatic heterocycles. The summed E-state index contributed by atoms with van der Waals surface area (Å²) in [5.74, 6) is 1.21. The smallest absolute Gasteiger partial charge is 0.308 e. The van der Waals surface area contributed by atoms with Crippen molar-refractivity contribution in [1.82, 2.24) is 20.4 Å². The summed E-state index contributed by atoms with van der Waals surface area (Å²) in [7, 11) is 0. The number of ether oxygens (including phenoxy) is 2. The third-order valence-corrected chi connectivity index (χ3v) is 4.64. The number of likely N-dealkylation sites (tertiary alicyclic amines) is 1. The van der Waals surface area contributed by atoms with E-state index in [-0.39, 0.29) is 24.5 Å². The molecule has 1 N–H and O–H groups in total. The van der Waals surface area contributed by atoms with Crippen LogP contribution in [0.2, 0.25) is 0 Å². The van der Waals surface area contributed by atoms with Crippen molar-refractivity contribution in [3.05, 3.63) is 24.1 Å². The van der Waals surface area contributed by atoms with Crippen LogP contribution in [0.3, 0.4) is 0 Å². The first-order chi connectivity index (χ1) is 12.2. The SMILES string of the molecule is CCN1CCC[C@@H]1CNC(=O)c1nnc(-c2ccc3c(c2)OCO3)o1. The Labute approximate surface area is 145 Å². The molecule has 0 bridgehead atoms. The Balaban J connectivity index is 1.41. The lowest BCUT2D eigenvalue weighted by Crippen LogP contribution is -2.40. The molecular weight excluding hydrogens is 324 g/mol. The zero-order valence-corrected chi connectivity index (χ0v) is 14.0. The normalized spacial score (nSPS) is 19.3. The van der Waals surface area contributed by atoms with Gasteiger partial charge >= 0.3 is 11.8 Å². The number of rotatable bonds is 5. The van der Waals surface area contributed by atoms with Gasteiger partial charge in [0.25, 0.3) is 0 Å². The molecule has 1 amide bonds. The van der Waals surface area contributed by atoms with Gasteiger partial charge in [-0.05, 0) is 44.1 Å². The maximum Gasteiger partial charge on any atom is 0.308 e. The van der Waals surface area contributed by atoms with Crippen LogP contribution in [0, 0.1) is 0 Å². The molecule has 2 aromatic rings. The molecule has 1 fully saturated rings. The first kappa shape index (κ1) is 15.9. The highest BCUT2D eigenvalue weighted by Crippen LogP contribution is 2.35. The fourth-order valence-electron chi connectivity index (χ4n) is 3.29. The number of carbonyl (C=O) groups is 1. The molecule has 1 atom stereocenters. The van der Waals surface area contributed by atoms with Crippen LogP contribution in [0.1, 0.15) is 30.5 Å². The number of likely N-dealkylation sites (N-methyl/N-ethyl adjacent to an activating group) is 1. The van der Waals surface area contributed by atoms with E-state index in [1.807, 2.05) is 0 Å². The number of aromatic nitrogens is 2. The second-order valence-electron chi connectivity index (χ2n) is 6.12. The van der Waals surface area contributed by atoms with Crippen LogP contribution < -0.4 is 14.8 Å². The number of hydrogen-bond acceptors (Lipinski definition) is 7. The number of nitrogens with one attached hydrogen (secondary N) is 1. The largest absolute Gasteiger partial charge is 0.454 e. The summed E-state index contributed by atoms with van der Waals surface area (Å²) in [6, 6.07) is 5.71. The number of nitrogens with zero attached hydrogens (tertiary/aromatic N) is 3. The molecule has 0 aliphatic carbocycles. The molecule has 4 rings (SSSR count). The molecule has 0 saturated carbocycles. The van der Waals surface area contributed by atoms with Crippen molar-refractivity contribution in [1.29, 1.82) is 0 Å². The van der Waals surface area contributed by atoms with Gasteiger partial charge in [0.1, 0.15) is 0 Å². The molecule has 132 valence electrons. The van der Waals surface area contributed by atoms with Gasteiger partial charge in [0, 0.05) is 18.2 Å². The average molecular weight is 344 g/mol. The topological polar surface area (TPSA) is 89.7 Å². The summed E-state index contributed by atoms with van der Waals surface area (Å²) in [5, 5.41) is 10.7. The number of carbonyl (C=O) groups excluding carboxylic acids is 1. The van der Waals surface area contributed by atoms with Gasteiger partial charge < -0.3 is 19.2 Å². The van der Waals surface area contributed by atoms with Gasteiger partial charge in [-0.3, -0.25) is 9.69 Å². The van der Waals surface area contributed by atoms with Gasteiger partial charge in [-0.2, -0.15) is 0 Å². The number of hydrogen-bond donors (Lipinski definition) is 1. The molecule has 3 heterocycles. The lowest BCUT2D eigenvalue weighted by atomic mass is 10.2. The Morgan fingerprint density at radius 1 is 1.32 bits per heavy atom. The van der Waals surface area contributed by atoms with E-state index in [1.165, 1.54) is 6.42 Å². The van der Waals surface area contributed by atoms with Crippen LogP contribution in [0.4, 0.5) is 0 Å². The van der Waals surface area contributed by atoms with Crippen LogP contribution in [0.15, 0.2) is 22.6 Å². The van der Waals surface area contributed by atoms with E-state index in [1.54, 1.807) is 18.2 Å². The van der Waals surface area contributed by atoms with Crippen molar-refractivity contribution in [3.63, 3.8) is 0 Å². The highest BCUT2D eigenvalue weighted by Gasteiger charge is 2.25. The molecule has 2 aliphatic rings. The first-order valence-electron chi connectivity index (χ1n) is 8.50. The van der Waals surface area contributed by atoms with E-state index in [4.69, 9.17) is 13.9 Å². The fraction of sp³-hybridized carbons (Fsp3) is 0.471. The lowest BCUT2D eigenvalue weighted by molar-refractivity contribution is 0.0907. The third-order valence-electron chi connectivity index (χ3n) is 4.64. The highest BCUT2D eigenvalue weighted by atomic mass is 16.7. The Bertz CT molecular complexity index is 776. The van der Waals surface area contributed by atoms with Gasteiger partial charge in [0.05, 0.1) is 0 Å². The van der Waals surface area contributed by atoms with Crippen molar-refractivity contribution in [2.75, 3.05) is 26.4 Å². The van der Waals surface area contributed by atoms with Crippen molar-refractivity contribution in [2.45, 2.75) is 25.8 Å². The summed E-state index contributed by atoms with van der Waals surface area (Å²) < 4.78 is 16.1. The van der Waals surface area contributed by atoms with Crippen LogP contribution >= 0.6 is 0 Å². The van der Waals surface area contributed by atoms with E-state index < -0.39 is 0 Å². The first-order valence-corrected chi connectivity index (χ1v) is 8.50. The van der Waals surface area contributed by atoms with Gasteiger partial charge in [-0.15, -0.1) is 10.2 Å². The molecule has 8 heteroatoms. The number of benzene rings is 1. The quantitative estimate of drug-likeness (QED) is 0.882. The van der Waals surface area contributed by atoms with Crippen molar-refractivity contribution >= 4 is 5.91 Å². The zero-order valence-electron chi connectivity index (χ0n) is 14.0. The van der Waals surface area contributed by atoms with Crippen LogP contribution in [0.5, 0.6) is 11.5 Å². The van der Waals surface area contributed by atoms with Gasteiger partial charge in [-0.1, -0.05) is 6.92 Å². The van der Waals surface area contributed by atoms with E-state index in [0.717, 1.165) is 19.5 Å². The number of amides is 1. The van der Waals surface area contributed by atoms with Crippen LogP contribution in [-0.4, -0.2) is 53.5 Å². The van der Waals surface area contributed by atoms with Gasteiger partial charge in [0.15, 0.2) is 11.5 Å². The monoisotopic (exact) mass is 344 g/mol. The van der Waals surface area contributed by atoms with Crippen molar-refractivity contribution < 1.29 is 18.7 Å². The standard InChI is InChI=1S/C17H20N4O4/c1-2-21-7-3-4-12(21)9-18-15(22)17-20-19-16(25-17)11-5-6-13-14(8-11)24-10-23-13/h5-6,8,12H,2-4,7,9-10H2,1H3,(H,18,22)/t12-/m1/s1. The average Bonchev–Trinajstić information content (AvgIpc) is 3.38. The minimum Gasteiger partial charge on any atom is -0.454 e. The highest BCUT2D eigenvalue weighted by molar-refractivity contribution is 5.89. The zero-order chi connectivity index (χ0) is 17.2. The van der Waals surface area contributed by atoms with Gasteiger partial charge in [0.2, 0.25) is 12.7 Å².